The topological polar surface area (TPSA) is 99.8 Å². The highest BCUT2D eigenvalue weighted by Gasteiger charge is 2.19. The first-order chi connectivity index (χ1) is 11.4. The predicted octanol–water partition coefficient (Wildman–Crippen LogP) is 2.27. The van der Waals surface area contributed by atoms with E-state index < -0.39 is 11.8 Å². The summed E-state index contributed by atoms with van der Waals surface area (Å²) in [5.41, 5.74) is 1.27. The fraction of sp³-hybridized carbons (Fsp3) is 0.412. The Morgan fingerprint density at radius 2 is 2.00 bits per heavy atom. The number of aryl methyl sites for hydroxylation is 1. The summed E-state index contributed by atoms with van der Waals surface area (Å²) < 4.78 is 0. The van der Waals surface area contributed by atoms with Crippen molar-refractivity contribution in [2.24, 2.45) is 5.92 Å². The molecule has 2 rings (SSSR count). The van der Waals surface area contributed by atoms with Crippen LogP contribution in [0.5, 0.6) is 0 Å². The van der Waals surface area contributed by atoms with Gasteiger partial charge < -0.3 is 10.6 Å². The van der Waals surface area contributed by atoms with Crippen LogP contribution in [0.2, 0.25) is 0 Å². The Hall–Kier alpha value is -2.70. The van der Waals surface area contributed by atoms with Gasteiger partial charge in [-0.2, -0.15) is 5.10 Å². The lowest BCUT2D eigenvalue weighted by atomic mass is 10.0. The predicted molar refractivity (Wildman–Crippen MR) is 92.2 cm³/mol. The van der Waals surface area contributed by atoms with Gasteiger partial charge in [0.15, 0.2) is 5.82 Å². The van der Waals surface area contributed by atoms with E-state index in [2.05, 4.69) is 25.8 Å². The molecule has 1 aromatic heterocycles. The molecular formula is C17H23N5O2. The monoisotopic (exact) mass is 329 g/mol. The summed E-state index contributed by atoms with van der Waals surface area (Å²) in [6.45, 7) is 7.78. The zero-order chi connectivity index (χ0) is 17.7. The third kappa shape index (κ3) is 4.41. The average molecular weight is 329 g/mol. The number of rotatable bonds is 5. The lowest BCUT2D eigenvalue weighted by Gasteiger charge is -2.19. The van der Waals surface area contributed by atoms with E-state index in [0.717, 1.165) is 12.0 Å². The first-order valence-electron chi connectivity index (χ1n) is 8.02. The van der Waals surface area contributed by atoms with Gasteiger partial charge in [0.25, 0.3) is 0 Å². The minimum atomic E-state index is -0.687. The molecule has 0 aliphatic rings. The minimum absolute atomic E-state index is 0.0594. The summed E-state index contributed by atoms with van der Waals surface area (Å²) in [7, 11) is 0. The van der Waals surface area contributed by atoms with Crippen molar-refractivity contribution < 1.29 is 9.59 Å². The van der Waals surface area contributed by atoms with Gasteiger partial charge in [0, 0.05) is 17.3 Å². The van der Waals surface area contributed by atoms with E-state index in [1.54, 1.807) is 18.2 Å². The van der Waals surface area contributed by atoms with Crippen molar-refractivity contribution in [1.29, 1.82) is 0 Å². The quantitative estimate of drug-likeness (QED) is 0.733. The molecule has 7 heteroatoms. The fourth-order valence-corrected chi connectivity index (χ4v) is 2.16. The Kier molecular flexibility index (Phi) is 5.68. The van der Waals surface area contributed by atoms with Gasteiger partial charge in [-0.1, -0.05) is 32.4 Å². The Bertz CT molecular complexity index is 725. The molecule has 2 aromatic rings. The Morgan fingerprint density at radius 1 is 1.25 bits per heavy atom. The summed E-state index contributed by atoms with van der Waals surface area (Å²) in [5, 5.41) is 12.2. The number of nitrogens with zero attached hydrogens (tertiary/aromatic N) is 2. The molecular weight excluding hydrogens is 306 g/mol. The molecule has 128 valence electrons. The minimum Gasteiger partial charge on any atom is -0.345 e. The van der Waals surface area contributed by atoms with E-state index in [1.165, 1.54) is 0 Å². The number of carbonyl (C=O) groups excluding carboxylic acids is 2. The highest BCUT2D eigenvalue weighted by atomic mass is 16.2. The van der Waals surface area contributed by atoms with Crippen molar-refractivity contribution in [3.63, 3.8) is 0 Å². The normalized spacial score (nSPS) is 13.2. The van der Waals surface area contributed by atoms with Crippen LogP contribution >= 0.6 is 0 Å². The lowest BCUT2D eigenvalue weighted by Crippen LogP contribution is -2.43. The van der Waals surface area contributed by atoms with Crippen LogP contribution in [-0.4, -0.2) is 33.0 Å². The lowest BCUT2D eigenvalue weighted by molar-refractivity contribution is -0.136. The van der Waals surface area contributed by atoms with Crippen LogP contribution in [0.15, 0.2) is 24.3 Å². The molecule has 0 bridgehead atoms. The van der Waals surface area contributed by atoms with Gasteiger partial charge in [-0.05, 0) is 31.9 Å². The van der Waals surface area contributed by atoms with Crippen molar-refractivity contribution >= 4 is 17.5 Å². The molecule has 0 saturated heterocycles. The number of carbonyl (C=O) groups is 2. The summed E-state index contributed by atoms with van der Waals surface area (Å²) in [6.07, 6.45) is 0.932. The highest BCUT2D eigenvalue weighted by Crippen LogP contribution is 2.19. The van der Waals surface area contributed by atoms with E-state index in [9.17, 15) is 9.59 Å². The Morgan fingerprint density at radius 3 is 2.62 bits per heavy atom. The third-order valence-electron chi connectivity index (χ3n) is 4.04. The van der Waals surface area contributed by atoms with Gasteiger partial charge >= 0.3 is 11.8 Å². The molecule has 0 saturated carbocycles. The second kappa shape index (κ2) is 7.72. The Balaban J connectivity index is 2.03. The van der Waals surface area contributed by atoms with Crippen molar-refractivity contribution in [2.45, 2.75) is 40.2 Å². The summed E-state index contributed by atoms with van der Waals surface area (Å²) >= 11 is 0. The highest BCUT2D eigenvalue weighted by molar-refractivity contribution is 6.39. The number of H-pyrrole nitrogens is 1. The summed E-state index contributed by atoms with van der Waals surface area (Å²) in [6, 6.07) is 6.99. The number of nitrogens with one attached hydrogen (secondary N) is 3. The number of aromatic nitrogens is 3. The van der Waals surface area contributed by atoms with Crippen LogP contribution in [-0.2, 0) is 9.59 Å². The average Bonchev–Trinajstić information content (AvgIpc) is 3.00. The first kappa shape index (κ1) is 17.7. The van der Waals surface area contributed by atoms with Gasteiger partial charge in [0.05, 0.1) is 0 Å². The molecule has 2 atom stereocenters. The molecule has 2 amide bonds. The van der Waals surface area contributed by atoms with E-state index >= 15 is 0 Å². The van der Waals surface area contributed by atoms with E-state index in [1.807, 2.05) is 33.8 Å². The maximum Gasteiger partial charge on any atom is 0.313 e. The van der Waals surface area contributed by atoms with Gasteiger partial charge in [0.2, 0.25) is 0 Å². The smallest absolute Gasteiger partial charge is 0.313 e. The second-order valence-corrected chi connectivity index (χ2v) is 5.93. The van der Waals surface area contributed by atoms with Crippen molar-refractivity contribution in [1.82, 2.24) is 20.5 Å². The Labute approximate surface area is 141 Å². The molecule has 3 N–H and O–H groups in total. The molecule has 0 aliphatic carbocycles. The molecule has 24 heavy (non-hydrogen) atoms. The van der Waals surface area contributed by atoms with Gasteiger partial charge in [-0.15, -0.1) is 0 Å². The number of aromatic amines is 1. The number of benzene rings is 1. The van der Waals surface area contributed by atoms with Gasteiger partial charge in [-0.25, -0.2) is 4.98 Å². The molecule has 1 heterocycles. The fourth-order valence-electron chi connectivity index (χ4n) is 2.16. The molecule has 0 unspecified atom stereocenters. The summed E-state index contributed by atoms with van der Waals surface area (Å²) in [4.78, 5) is 28.3. The zero-order valence-electron chi connectivity index (χ0n) is 14.4. The number of hydrogen-bond acceptors (Lipinski definition) is 4. The van der Waals surface area contributed by atoms with Crippen LogP contribution in [0.25, 0.3) is 11.4 Å². The molecule has 0 aliphatic heterocycles. The van der Waals surface area contributed by atoms with Crippen LogP contribution < -0.4 is 10.6 Å². The third-order valence-corrected chi connectivity index (χ3v) is 4.04. The second-order valence-electron chi connectivity index (χ2n) is 5.93. The molecule has 0 radical (unpaired) electrons. The van der Waals surface area contributed by atoms with Crippen molar-refractivity contribution in [3.05, 3.63) is 30.1 Å². The first-order valence-corrected chi connectivity index (χ1v) is 8.02. The van der Waals surface area contributed by atoms with E-state index in [-0.39, 0.29) is 6.04 Å². The van der Waals surface area contributed by atoms with Crippen LogP contribution in [0.1, 0.15) is 33.0 Å². The van der Waals surface area contributed by atoms with E-state index in [4.69, 9.17) is 0 Å². The van der Waals surface area contributed by atoms with Crippen molar-refractivity contribution in [2.75, 3.05) is 5.32 Å². The number of anilines is 1. The van der Waals surface area contributed by atoms with E-state index in [0.29, 0.717) is 23.3 Å². The standard InChI is InChI=1S/C17H23N5O2/c1-5-10(2)11(3)18-16(23)17(24)20-14-8-6-7-13(9-14)15-19-12(4)21-22-15/h6-11H,5H2,1-4H3,(H,18,23)(H,20,24)(H,19,21,22)/t10-,11+/m0/s1. The maximum atomic E-state index is 12.1. The van der Waals surface area contributed by atoms with Gasteiger partial charge in [-0.3, -0.25) is 14.7 Å². The summed E-state index contributed by atoms with van der Waals surface area (Å²) in [5.74, 6) is 0.228. The molecule has 0 spiro atoms. The van der Waals surface area contributed by atoms with Crippen LogP contribution in [0.3, 0.4) is 0 Å². The van der Waals surface area contributed by atoms with Crippen LogP contribution in [0, 0.1) is 12.8 Å². The number of hydrogen-bond donors (Lipinski definition) is 3. The van der Waals surface area contributed by atoms with Gasteiger partial charge in [0.1, 0.15) is 5.82 Å². The molecule has 0 fully saturated rings. The van der Waals surface area contributed by atoms with Crippen LogP contribution in [0.4, 0.5) is 5.69 Å². The molecule has 7 nitrogen and oxygen atoms in total. The molecule has 1 aromatic carbocycles. The largest absolute Gasteiger partial charge is 0.345 e. The van der Waals surface area contributed by atoms with Crippen molar-refractivity contribution in [3.8, 4) is 11.4 Å². The zero-order valence-corrected chi connectivity index (χ0v) is 14.4. The number of amides is 2. The SMILES string of the molecule is CC[C@H](C)[C@@H](C)NC(=O)C(=O)Nc1cccc(-c2n[nH]c(C)n2)c1. The maximum absolute atomic E-state index is 12.1.